The zero-order valence-corrected chi connectivity index (χ0v) is 16.7. The molecule has 1 saturated carbocycles. The Labute approximate surface area is 167 Å². The fourth-order valence-corrected chi connectivity index (χ4v) is 3.83. The van der Waals surface area contributed by atoms with E-state index in [2.05, 4.69) is 21.2 Å². The van der Waals surface area contributed by atoms with E-state index in [1.54, 1.807) is 0 Å². The van der Waals surface area contributed by atoms with Crippen molar-refractivity contribution in [2.75, 3.05) is 7.11 Å². The van der Waals surface area contributed by atoms with E-state index in [0.717, 1.165) is 22.0 Å². The summed E-state index contributed by atoms with van der Waals surface area (Å²) in [6.45, 7) is 0.153. The molecule has 0 spiro atoms. The van der Waals surface area contributed by atoms with Crippen LogP contribution in [0.5, 0.6) is 0 Å². The molecular weight excluding hydrogens is 410 g/mol. The molecule has 2 aromatic rings. The van der Waals surface area contributed by atoms with Crippen LogP contribution in [-0.2, 0) is 20.9 Å². The molecule has 0 aromatic heterocycles. The number of amides is 1. The van der Waals surface area contributed by atoms with Gasteiger partial charge in [-0.1, -0.05) is 58.4 Å². The van der Waals surface area contributed by atoms with Crippen molar-refractivity contribution in [2.45, 2.75) is 37.3 Å². The molecule has 0 heterocycles. The van der Waals surface area contributed by atoms with Gasteiger partial charge in [0.2, 0.25) is 0 Å². The number of nitrogens with one attached hydrogen (secondary N) is 1. The number of esters is 1. The van der Waals surface area contributed by atoms with Gasteiger partial charge in [0, 0.05) is 4.47 Å². The fraction of sp³-hybridized carbons (Fsp3) is 0.333. The molecule has 0 aliphatic heterocycles. The molecule has 0 radical (unpaired) electrons. The van der Waals surface area contributed by atoms with Crippen LogP contribution in [0.25, 0.3) is 0 Å². The fourth-order valence-electron chi connectivity index (χ4n) is 3.56. The van der Waals surface area contributed by atoms with Crippen LogP contribution in [0.3, 0.4) is 0 Å². The second kappa shape index (κ2) is 8.57. The minimum atomic E-state index is -1.06. The first-order valence-electron chi connectivity index (χ1n) is 8.85. The lowest BCUT2D eigenvalue weighted by Crippen LogP contribution is -2.53. The number of carbonyl (C=O) groups excluding carboxylic acids is 2. The van der Waals surface area contributed by atoms with E-state index in [-0.39, 0.29) is 12.5 Å². The van der Waals surface area contributed by atoms with Crippen molar-refractivity contribution < 1.29 is 19.1 Å². The van der Waals surface area contributed by atoms with Crippen molar-refractivity contribution in [3.8, 4) is 0 Å². The molecule has 2 aromatic carbocycles. The second-order valence-corrected chi connectivity index (χ2v) is 7.67. The Morgan fingerprint density at radius 1 is 1.15 bits per heavy atom. The molecule has 0 bridgehead atoms. The zero-order chi connectivity index (χ0) is 19.3. The second-order valence-electron chi connectivity index (χ2n) is 6.75. The first-order chi connectivity index (χ1) is 13.0. The number of hydrogen-bond acceptors (Lipinski definition) is 4. The van der Waals surface area contributed by atoms with E-state index in [9.17, 15) is 9.59 Å². The summed E-state index contributed by atoms with van der Waals surface area (Å²) in [7, 11) is 1.34. The van der Waals surface area contributed by atoms with Crippen LogP contribution in [0.4, 0.5) is 4.79 Å². The third kappa shape index (κ3) is 4.69. The van der Waals surface area contributed by atoms with Crippen molar-refractivity contribution in [3.05, 3.63) is 70.2 Å². The average molecular weight is 432 g/mol. The van der Waals surface area contributed by atoms with E-state index < -0.39 is 17.6 Å². The molecule has 6 heteroatoms. The van der Waals surface area contributed by atoms with Crippen LogP contribution < -0.4 is 5.32 Å². The monoisotopic (exact) mass is 431 g/mol. The highest BCUT2D eigenvalue weighted by molar-refractivity contribution is 9.10. The number of ether oxygens (including phenoxy) is 2. The van der Waals surface area contributed by atoms with E-state index in [4.69, 9.17) is 9.47 Å². The topological polar surface area (TPSA) is 64.6 Å². The van der Waals surface area contributed by atoms with Crippen molar-refractivity contribution in [1.29, 1.82) is 0 Å². The van der Waals surface area contributed by atoms with E-state index in [1.165, 1.54) is 7.11 Å². The quantitative estimate of drug-likeness (QED) is 0.704. The maximum absolute atomic E-state index is 12.5. The minimum absolute atomic E-state index is 0.153. The van der Waals surface area contributed by atoms with Gasteiger partial charge in [-0.05, 0) is 48.4 Å². The van der Waals surface area contributed by atoms with Crippen LogP contribution in [-0.4, -0.2) is 24.7 Å². The van der Waals surface area contributed by atoms with Gasteiger partial charge >= 0.3 is 12.1 Å². The van der Waals surface area contributed by atoms with E-state index in [0.29, 0.717) is 12.8 Å². The predicted octanol–water partition coefficient (Wildman–Crippen LogP) is 4.55. The summed E-state index contributed by atoms with van der Waals surface area (Å²) in [6, 6.07) is 17.5. The number of methoxy groups -OCH3 is 1. The zero-order valence-electron chi connectivity index (χ0n) is 15.1. The molecule has 5 nitrogen and oxygen atoms in total. The molecule has 1 aliphatic carbocycles. The molecule has 3 rings (SSSR count). The van der Waals surface area contributed by atoms with Crippen molar-refractivity contribution in [2.24, 2.45) is 0 Å². The van der Waals surface area contributed by atoms with E-state index in [1.807, 2.05) is 54.6 Å². The smallest absolute Gasteiger partial charge is 0.408 e. The molecule has 1 fully saturated rings. The highest BCUT2D eigenvalue weighted by Gasteiger charge is 2.48. The Hall–Kier alpha value is -2.34. The van der Waals surface area contributed by atoms with Crippen LogP contribution in [0.2, 0.25) is 0 Å². The Morgan fingerprint density at radius 3 is 2.52 bits per heavy atom. The molecule has 0 unspecified atom stereocenters. The molecule has 1 N–H and O–H groups in total. The van der Waals surface area contributed by atoms with Gasteiger partial charge in [-0.3, -0.25) is 0 Å². The molecule has 0 saturated heterocycles. The normalized spacial score (nSPS) is 21.5. The van der Waals surface area contributed by atoms with Gasteiger partial charge in [0.05, 0.1) is 7.11 Å². The number of carbonyl (C=O) groups is 2. The van der Waals surface area contributed by atoms with Crippen molar-refractivity contribution in [1.82, 2.24) is 5.32 Å². The van der Waals surface area contributed by atoms with Gasteiger partial charge in [-0.25, -0.2) is 9.59 Å². The summed E-state index contributed by atoms with van der Waals surface area (Å²) in [6.07, 6.45) is 1.18. The standard InChI is InChI=1S/C21H22BrNO4/c1-26-19(24)21(23-20(25)27-14-15-5-3-2-4-6-15)12-11-17(13-21)16-7-9-18(22)10-8-16/h2-10,17H,11-14H2,1H3,(H,23,25)/t17-,21-/m1/s1. The van der Waals surface area contributed by atoms with Gasteiger partial charge in [0.25, 0.3) is 0 Å². The first kappa shape index (κ1) is 19.4. The number of hydrogen-bond donors (Lipinski definition) is 1. The summed E-state index contributed by atoms with van der Waals surface area (Å²) in [5.74, 6) is -0.259. The maximum atomic E-state index is 12.5. The van der Waals surface area contributed by atoms with Crippen LogP contribution in [0, 0.1) is 0 Å². The number of rotatable bonds is 5. The highest BCUT2D eigenvalue weighted by atomic mass is 79.9. The lowest BCUT2D eigenvalue weighted by molar-refractivity contribution is -0.148. The van der Waals surface area contributed by atoms with Gasteiger partial charge in [-0.2, -0.15) is 0 Å². The van der Waals surface area contributed by atoms with Crippen LogP contribution in [0.15, 0.2) is 59.1 Å². The SMILES string of the molecule is COC(=O)[C@@]1(NC(=O)OCc2ccccc2)CC[C@@H](c2ccc(Br)cc2)C1. The summed E-state index contributed by atoms with van der Waals surface area (Å²) in [5.41, 5.74) is 0.975. The van der Waals surface area contributed by atoms with Gasteiger partial charge in [0.1, 0.15) is 12.1 Å². The Bertz CT molecular complexity index is 794. The van der Waals surface area contributed by atoms with Gasteiger partial charge in [-0.15, -0.1) is 0 Å². The molecule has 1 amide bonds. The van der Waals surface area contributed by atoms with Gasteiger partial charge in [0.15, 0.2) is 0 Å². The maximum Gasteiger partial charge on any atom is 0.408 e. The van der Waals surface area contributed by atoms with Gasteiger partial charge < -0.3 is 14.8 Å². The first-order valence-corrected chi connectivity index (χ1v) is 9.64. The summed E-state index contributed by atoms with van der Waals surface area (Å²) < 4.78 is 11.3. The predicted molar refractivity (Wildman–Crippen MR) is 105 cm³/mol. The Balaban J connectivity index is 1.67. The van der Waals surface area contributed by atoms with Crippen LogP contribution in [0.1, 0.15) is 36.3 Å². The van der Waals surface area contributed by atoms with Crippen molar-refractivity contribution >= 4 is 28.0 Å². The lowest BCUT2D eigenvalue weighted by atomic mass is 9.92. The van der Waals surface area contributed by atoms with E-state index >= 15 is 0 Å². The number of alkyl carbamates (subject to hydrolysis) is 1. The Kier molecular flexibility index (Phi) is 6.16. The summed E-state index contributed by atoms with van der Waals surface area (Å²) in [5, 5.41) is 2.78. The minimum Gasteiger partial charge on any atom is -0.467 e. The lowest BCUT2D eigenvalue weighted by Gasteiger charge is -2.27. The largest absolute Gasteiger partial charge is 0.467 e. The van der Waals surface area contributed by atoms with Crippen LogP contribution >= 0.6 is 15.9 Å². The molecule has 142 valence electrons. The Morgan fingerprint density at radius 2 is 1.85 bits per heavy atom. The molecular formula is C21H22BrNO4. The third-order valence-electron chi connectivity index (χ3n) is 4.99. The number of halogens is 1. The number of benzene rings is 2. The highest BCUT2D eigenvalue weighted by Crippen LogP contribution is 2.42. The summed E-state index contributed by atoms with van der Waals surface area (Å²) in [4.78, 5) is 24.8. The van der Waals surface area contributed by atoms with Crippen molar-refractivity contribution in [3.63, 3.8) is 0 Å². The third-order valence-corrected chi connectivity index (χ3v) is 5.51. The average Bonchev–Trinajstić information content (AvgIpc) is 3.12. The molecule has 2 atom stereocenters. The molecule has 1 aliphatic rings. The molecule has 27 heavy (non-hydrogen) atoms. The summed E-state index contributed by atoms with van der Waals surface area (Å²) >= 11 is 3.43.